The Morgan fingerprint density at radius 2 is 1.73 bits per heavy atom. The summed E-state index contributed by atoms with van der Waals surface area (Å²) in [6.45, 7) is 19.5. The summed E-state index contributed by atoms with van der Waals surface area (Å²) in [7, 11) is 0. The highest BCUT2D eigenvalue weighted by Gasteiger charge is 2.69. The van der Waals surface area contributed by atoms with Crippen LogP contribution in [-0.2, 0) is 19.1 Å². The minimum Gasteiger partial charge on any atom is -0.460 e. The lowest BCUT2D eigenvalue weighted by Crippen LogP contribution is -2.65. The molecule has 5 aliphatic rings. The molecule has 5 nitrogen and oxygen atoms in total. The zero-order chi connectivity index (χ0) is 27.3. The van der Waals surface area contributed by atoms with Gasteiger partial charge in [-0.2, -0.15) is 0 Å². The summed E-state index contributed by atoms with van der Waals surface area (Å²) in [5.41, 5.74) is 2.41. The zero-order valence-electron chi connectivity index (χ0n) is 24.7. The van der Waals surface area contributed by atoms with Crippen molar-refractivity contribution in [3.8, 4) is 0 Å². The summed E-state index contributed by atoms with van der Waals surface area (Å²) in [6.07, 6.45) is 6.64. The predicted octanol–water partition coefficient (Wildman–Crippen LogP) is 6.41. The van der Waals surface area contributed by atoms with Crippen molar-refractivity contribution in [3.05, 3.63) is 11.1 Å². The number of Topliss-reactive ketones (excluding diaryl/α,β-unsaturated/α-hetero) is 1. The van der Waals surface area contributed by atoms with Gasteiger partial charge in [-0.25, -0.2) is 0 Å². The van der Waals surface area contributed by atoms with E-state index in [1.807, 2.05) is 0 Å². The summed E-state index contributed by atoms with van der Waals surface area (Å²) < 4.78 is 11.7. The fraction of sp³-hybridized carbons (Fsp3) is 0.875. The smallest absolute Gasteiger partial charge is 0.302 e. The van der Waals surface area contributed by atoms with Crippen molar-refractivity contribution in [2.24, 2.45) is 39.4 Å². The van der Waals surface area contributed by atoms with Gasteiger partial charge in [0.05, 0.1) is 11.7 Å². The first-order chi connectivity index (χ1) is 17.0. The second kappa shape index (κ2) is 8.40. The fourth-order valence-corrected chi connectivity index (χ4v) is 10.4. The van der Waals surface area contributed by atoms with Gasteiger partial charge in [0, 0.05) is 18.8 Å². The van der Waals surface area contributed by atoms with E-state index in [1.54, 1.807) is 0 Å². The maximum Gasteiger partial charge on any atom is 0.302 e. The molecule has 4 aliphatic carbocycles. The molecule has 1 N–H and O–H groups in total. The van der Waals surface area contributed by atoms with Crippen LogP contribution in [0, 0.1) is 39.4 Å². The molecule has 5 rings (SSSR count). The van der Waals surface area contributed by atoms with E-state index in [1.165, 1.54) is 18.1 Å². The van der Waals surface area contributed by atoms with E-state index >= 15 is 0 Å². The van der Waals surface area contributed by atoms with Crippen LogP contribution in [0.1, 0.15) is 114 Å². The SMILES string of the molecule is CC(=O)O[C@@H](C[C@@H](C)C1=C2C[C@H](O)[C@H]3[C@@]4(C)CCC(=O)C(C)(C)[C@H]4CC[C@]3(C)[C@@]2(C)CC1)[C@H]1OC1(C)C. The third-order valence-corrected chi connectivity index (χ3v) is 12.5. The Labute approximate surface area is 224 Å². The fourth-order valence-electron chi connectivity index (χ4n) is 10.4. The van der Waals surface area contributed by atoms with Crippen LogP contribution < -0.4 is 0 Å². The Balaban J connectivity index is 1.46. The van der Waals surface area contributed by atoms with Crippen LogP contribution in [0.15, 0.2) is 11.1 Å². The van der Waals surface area contributed by atoms with E-state index in [4.69, 9.17) is 9.47 Å². The van der Waals surface area contributed by atoms with Crippen molar-refractivity contribution < 1.29 is 24.2 Å². The lowest BCUT2D eigenvalue weighted by atomic mass is 9.36. The number of allylic oxidation sites excluding steroid dienone is 1. The van der Waals surface area contributed by atoms with Gasteiger partial charge in [-0.1, -0.05) is 52.7 Å². The molecule has 1 saturated heterocycles. The molecule has 0 unspecified atom stereocenters. The summed E-state index contributed by atoms with van der Waals surface area (Å²) in [4.78, 5) is 24.8. The first-order valence-electron chi connectivity index (χ1n) is 14.8. The molecular formula is C32H50O5. The molecule has 0 spiro atoms. The molecule has 4 fully saturated rings. The zero-order valence-corrected chi connectivity index (χ0v) is 24.7. The molecule has 0 aromatic heterocycles. The highest BCUT2D eigenvalue weighted by molar-refractivity contribution is 5.85. The molecule has 3 saturated carbocycles. The summed E-state index contributed by atoms with van der Waals surface area (Å²) >= 11 is 0. The van der Waals surface area contributed by atoms with Gasteiger partial charge < -0.3 is 14.6 Å². The van der Waals surface area contributed by atoms with E-state index < -0.39 is 0 Å². The second-order valence-corrected chi connectivity index (χ2v) is 15.2. The second-order valence-electron chi connectivity index (χ2n) is 15.2. The monoisotopic (exact) mass is 514 g/mol. The Bertz CT molecular complexity index is 1020. The maximum absolute atomic E-state index is 12.9. The summed E-state index contributed by atoms with van der Waals surface area (Å²) in [6, 6.07) is 0. The van der Waals surface area contributed by atoms with Crippen molar-refractivity contribution in [1.29, 1.82) is 0 Å². The van der Waals surface area contributed by atoms with Crippen LogP contribution in [0.5, 0.6) is 0 Å². The molecule has 0 aromatic carbocycles. The number of hydrogen-bond acceptors (Lipinski definition) is 5. The average Bonchev–Trinajstić information content (AvgIpc) is 3.27. The molecular weight excluding hydrogens is 464 g/mol. The number of rotatable bonds is 5. The van der Waals surface area contributed by atoms with Gasteiger partial charge in [0.2, 0.25) is 0 Å². The minimum absolute atomic E-state index is 0.0000676. The highest BCUT2D eigenvalue weighted by Crippen LogP contribution is 2.74. The molecule has 1 aliphatic heterocycles. The van der Waals surface area contributed by atoms with Crippen LogP contribution in [0.4, 0.5) is 0 Å². The van der Waals surface area contributed by atoms with Crippen LogP contribution in [-0.4, -0.2) is 40.8 Å². The van der Waals surface area contributed by atoms with Gasteiger partial charge >= 0.3 is 5.97 Å². The van der Waals surface area contributed by atoms with Gasteiger partial charge in [0.15, 0.2) is 0 Å². The van der Waals surface area contributed by atoms with Gasteiger partial charge in [0.1, 0.15) is 18.0 Å². The van der Waals surface area contributed by atoms with E-state index in [-0.39, 0.29) is 63.4 Å². The number of fused-ring (bicyclic) bond motifs is 5. The first kappa shape index (κ1) is 27.4. The number of esters is 1. The Kier molecular flexibility index (Phi) is 6.21. The number of ketones is 1. The van der Waals surface area contributed by atoms with Gasteiger partial charge in [-0.15, -0.1) is 0 Å². The largest absolute Gasteiger partial charge is 0.460 e. The maximum atomic E-state index is 12.9. The third kappa shape index (κ3) is 3.84. The quantitative estimate of drug-likeness (QED) is 0.261. The normalized spacial score (nSPS) is 45.4. The van der Waals surface area contributed by atoms with Crippen molar-refractivity contribution in [1.82, 2.24) is 0 Å². The molecule has 208 valence electrons. The number of aliphatic hydroxyl groups is 1. The van der Waals surface area contributed by atoms with Crippen molar-refractivity contribution in [2.45, 2.75) is 138 Å². The Hall–Kier alpha value is -1.20. The van der Waals surface area contributed by atoms with Gasteiger partial charge in [-0.05, 0) is 92.8 Å². The molecule has 9 atom stereocenters. The summed E-state index contributed by atoms with van der Waals surface area (Å²) in [5, 5.41) is 11.9. The molecule has 37 heavy (non-hydrogen) atoms. The first-order valence-corrected chi connectivity index (χ1v) is 14.8. The van der Waals surface area contributed by atoms with Gasteiger partial charge in [-0.3, -0.25) is 9.59 Å². The Morgan fingerprint density at radius 3 is 2.32 bits per heavy atom. The topological polar surface area (TPSA) is 76.1 Å². The number of epoxide rings is 1. The molecule has 1 heterocycles. The average molecular weight is 515 g/mol. The van der Waals surface area contributed by atoms with Crippen LogP contribution in [0.2, 0.25) is 0 Å². The molecule has 0 amide bonds. The standard InChI is InChI=1S/C32H50O5/c1-18(16-23(36-19(2)33)27-29(5,6)37-27)20-10-14-31(8)21(20)17-22(34)26-30(7)13-12-25(35)28(3,4)24(30)11-15-32(26,31)9/h18,22-24,26-27,34H,10-17H2,1-9H3/t18-,22+,23+,24-,26+,27-,30+,31+,32+/m1/s1. The lowest BCUT2D eigenvalue weighted by Gasteiger charge is -2.69. The predicted molar refractivity (Wildman–Crippen MR) is 144 cm³/mol. The highest BCUT2D eigenvalue weighted by atomic mass is 16.6. The van der Waals surface area contributed by atoms with E-state index in [0.29, 0.717) is 18.1 Å². The van der Waals surface area contributed by atoms with E-state index in [9.17, 15) is 14.7 Å². The third-order valence-electron chi connectivity index (χ3n) is 12.5. The van der Waals surface area contributed by atoms with Crippen molar-refractivity contribution in [3.63, 3.8) is 0 Å². The molecule has 5 heteroatoms. The number of aliphatic hydroxyl groups excluding tert-OH is 1. The lowest BCUT2D eigenvalue weighted by molar-refractivity contribution is -0.208. The van der Waals surface area contributed by atoms with Gasteiger partial charge in [0.25, 0.3) is 0 Å². The van der Waals surface area contributed by atoms with Crippen LogP contribution in [0.25, 0.3) is 0 Å². The molecule has 0 bridgehead atoms. The van der Waals surface area contributed by atoms with Crippen LogP contribution in [0.3, 0.4) is 0 Å². The van der Waals surface area contributed by atoms with Crippen molar-refractivity contribution in [2.75, 3.05) is 0 Å². The summed E-state index contributed by atoms with van der Waals surface area (Å²) in [5.74, 6) is 0.947. The minimum atomic E-state index is -0.389. The van der Waals surface area contributed by atoms with Crippen LogP contribution >= 0.6 is 0 Å². The van der Waals surface area contributed by atoms with Crippen molar-refractivity contribution >= 4 is 11.8 Å². The Morgan fingerprint density at radius 1 is 1.08 bits per heavy atom. The number of carbonyl (C=O) groups excluding carboxylic acids is 2. The van der Waals surface area contributed by atoms with E-state index in [0.717, 1.165) is 44.9 Å². The van der Waals surface area contributed by atoms with E-state index in [2.05, 4.69) is 55.4 Å². The molecule has 0 radical (unpaired) electrons. The number of carbonyl (C=O) groups is 2. The molecule has 0 aromatic rings. The number of hydrogen-bond donors (Lipinski definition) is 1. The number of ether oxygens (including phenoxy) is 2.